The van der Waals surface area contributed by atoms with E-state index in [9.17, 15) is 4.79 Å². The summed E-state index contributed by atoms with van der Waals surface area (Å²) in [5.41, 5.74) is 0. The minimum Gasteiger partial charge on any atom is -0.349 e. The van der Waals surface area contributed by atoms with E-state index in [0.29, 0.717) is 12.8 Å². The number of hydrogen-bond donors (Lipinski definition) is 0. The first-order valence-electron chi connectivity index (χ1n) is 2.82. The van der Waals surface area contributed by atoms with E-state index in [4.69, 9.17) is 6.42 Å². The molecule has 0 heterocycles. The number of amides is 1. The molecule has 0 saturated heterocycles. The van der Waals surface area contributed by atoms with Gasteiger partial charge in [-0.2, -0.15) is 0 Å². The molecule has 0 aromatic heterocycles. The Morgan fingerprint density at radius 2 is 2.22 bits per heavy atom. The number of carbonyl (C=O) groups is 1. The van der Waals surface area contributed by atoms with E-state index < -0.39 is 0 Å². The zero-order valence-corrected chi connectivity index (χ0v) is 5.85. The number of hydrogen-bond acceptors (Lipinski definition) is 1. The van der Waals surface area contributed by atoms with Crippen LogP contribution in [0.4, 0.5) is 0 Å². The first kappa shape index (κ1) is 8.03. The van der Waals surface area contributed by atoms with Gasteiger partial charge in [0.2, 0.25) is 5.91 Å². The van der Waals surface area contributed by atoms with Crippen molar-refractivity contribution in [2.24, 2.45) is 0 Å². The third kappa shape index (κ3) is 3.60. The molecule has 0 rings (SSSR count). The van der Waals surface area contributed by atoms with Crippen LogP contribution in [0.25, 0.3) is 0 Å². The van der Waals surface area contributed by atoms with Crippen LogP contribution in [0.15, 0.2) is 0 Å². The highest BCUT2D eigenvalue weighted by molar-refractivity contribution is 5.75. The number of terminal acetylenes is 1. The van der Waals surface area contributed by atoms with Crippen LogP contribution >= 0.6 is 0 Å². The van der Waals surface area contributed by atoms with E-state index in [2.05, 4.69) is 5.92 Å². The smallest absolute Gasteiger partial charge is 0.223 e. The lowest BCUT2D eigenvalue weighted by atomic mass is 10.3. The maximum Gasteiger partial charge on any atom is 0.223 e. The van der Waals surface area contributed by atoms with Gasteiger partial charge < -0.3 is 4.90 Å². The van der Waals surface area contributed by atoms with Crippen molar-refractivity contribution in [2.75, 3.05) is 14.1 Å². The van der Waals surface area contributed by atoms with Crippen LogP contribution in [-0.2, 0) is 4.79 Å². The van der Waals surface area contributed by atoms with Crippen LogP contribution in [0.5, 0.6) is 0 Å². The Balaban J connectivity index is 3.42. The van der Waals surface area contributed by atoms with Crippen LogP contribution in [0.3, 0.4) is 0 Å². The molecule has 9 heavy (non-hydrogen) atoms. The molecule has 0 bridgehead atoms. The number of nitrogens with zero attached hydrogens (tertiary/aromatic N) is 1. The molecular weight excluding hydrogens is 114 g/mol. The first-order valence-corrected chi connectivity index (χ1v) is 2.82. The Morgan fingerprint density at radius 1 is 1.67 bits per heavy atom. The molecule has 50 valence electrons. The van der Waals surface area contributed by atoms with Crippen LogP contribution in [0.2, 0.25) is 0 Å². The Hall–Kier alpha value is -0.970. The lowest BCUT2D eigenvalue weighted by molar-refractivity contribution is -0.128. The van der Waals surface area contributed by atoms with E-state index in [1.54, 1.807) is 14.1 Å². The number of carbonyl (C=O) groups excluding carboxylic acids is 1. The molecule has 0 aliphatic heterocycles. The van der Waals surface area contributed by atoms with E-state index in [1.165, 1.54) is 4.90 Å². The molecule has 2 heteroatoms. The van der Waals surface area contributed by atoms with Gasteiger partial charge in [0.25, 0.3) is 0 Å². The summed E-state index contributed by atoms with van der Waals surface area (Å²) in [7, 11) is 3.44. The number of rotatable bonds is 2. The highest BCUT2D eigenvalue weighted by atomic mass is 16.2. The summed E-state index contributed by atoms with van der Waals surface area (Å²) >= 11 is 0. The molecule has 0 aromatic carbocycles. The van der Waals surface area contributed by atoms with Gasteiger partial charge in [0.15, 0.2) is 0 Å². The van der Waals surface area contributed by atoms with Crippen molar-refractivity contribution in [3.63, 3.8) is 0 Å². The monoisotopic (exact) mass is 125 g/mol. The van der Waals surface area contributed by atoms with Crippen LogP contribution in [0, 0.1) is 12.3 Å². The lowest BCUT2D eigenvalue weighted by Gasteiger charge is -2.07. The average molecular weight is 125 g/mol. The van der Waals surface area contributed by atoms with E-state index >= 15 is 0 Å². The fourth-order valence-corrected chi connectivity index (χ4v) is 0.403. The van der Waals surface area contributed by atoms with Gasteiger partial charge in [0, 0.05) is 26.9 Å². The van der Waals surface area contributed by atoms with Crippen LogP contribution in [-0.4, -0.2) is 24.9 Å². The molecular formula is C7H11NO. The Labute approximate surface area is 55.8 Å². The van der Waals surface area contributed by atoms with Gasteiger partial charge in [-0.15, -0.1) is 12.3 Å². The normalized spacial score (nSPS) is 8.11. The molecule has 0 fully saturated rings. The molecule has 0 unspecified atom stereocenters. The summed E-state index contributed by atoms with van der Waals surface area (Å²) in [4.78, 5) is 12.3. The largest absolute Gasteiger partial charge is 0.349 e. The molecule has 0 aromatic rings. The maximum absolute atomic E-state index is 10.7. The first-order chi connectivity index (χ1) is 4.18. The molecule has 0 N–H and O–H groups in total. The fraction of sp³-hybridized carbons (Fsp3) is 0.571. The van der Waals surface area contributed by atoms with Crippen molar-refractivity contribution in [1.29, 1.82) is 0 Å². The molecule has 0 atom stereocenters. The van der Waals surface area contributed by atoms with Gasteiger partial charge >= 0.3 is 0 Å². The predicted octanol–water partition coefficient (Wildman–Crippen LogP) is 0.488. The molecule has 0 spiro atoms. The average Bonchev–Trinajstić information content (AvgIpc) is 1.82. The van der Waals surface area contributed by atoms with Gasteiger partial charge in [-0.25, -0.2) is 0 Å². The topological polar surface area (TPSA) is 20.3 Å². The molecule has 1 amide bonds. The fourth-order valence-electron chi connectivity index (χ4n) is 0.403. The molecule has 0 aliphatic carbocycles. The minimum atomic E-state index is 0.0907. The predicted molar refractivity (Wildman–Crippen MR) is 36.8 cm³/mol. The van der Waals surface area contributed by atoms with Gasteiger partial charge in [0.1, 0.15) is 0 Å². The molecule has 0 radical (unpaired) electrons. The second-order valence-corrected chi connectivity index (χ2v) is 1.99. The van der Waals surface area contributed by atoms with Crippen molar-refractivity contribution in [3.8, 4) is 12.3 Å². The summed E-state index contributed by atoms with van der Waals surface area (Å²) < 4.78 is 0. The second kappa shape index (κ2) is 3.96. The third-order valence-corrected chi connectivity index (χ3v) is 0.982. The zero-order chi connectivity index (χ0) is 7.28. The summed E-state index contributed by atoms with van der Waals surface area (Å²) in [6, 6.07) is 0. The summed E-state index contributed by atoms with van der Waals surface area (Å²) in [5, 5.41) is 0. The Kier molecular flexibility index (Phi) is 3.54. The summed E-state index contributed by atoms with van der Waals surface area (Å²) in [5.74, 6) is 2.50. The van der Waals surface area contributed by atoms with Crippen LogP contribution in [0.1, 0.15) is 12.8 Å². The van der Waals surface area contributed by atoms with Gasteiger partial charge in [0.05, 0.1) is 0 Å². The van der Waals surface area contributed by atoms with Crippen molar-refractivity contribution in [1.82, 2.24) is 4.90 Å². The highest BCUT2D eigenvalue weighted by Crippen LogP contribution is 1.90. The third-order valence-electron chi connectivity index (χ3n) is 0.982. The maximum atomic E-state index is 10.7. The summed E-state index contributed by atoms with van der Waals surface area (Å²) in [6.07, 6.45) is 5.96. The Morgan fingerprint density at radius 3 is 2.56 bits per heavy atom. The minimum absolute atomic E-state index is 0.0907. The quantitative estimate of drug-likeness (QED) is 0.492. The van der Waals surface area contributed by atoms with E-state index in [-0.39, 0.29) is 5.91 Å². The highest BCUT2D eigenvalue weighted by Gasteiger charge is 1.99. The van der Waals surface area contributed by atoms with E-state index in [1.807, 2.05) is 0 Å². The zero-order valence-electron chi connectivity index (χ0n) is 5.85. The van der Waals surface area contributed by atoms with Crippen molar-refractivity contribution in [2.45, 2.75) is 12.8 Å². The van der Waals surface area contributed by atoms with Crippen LogP contribution < -0.4 is 0 Å². The van der Waals surface area contributed by atoms with Crippen molar-refractivity contribution in [3.05, 3.63) is 0 Å². The lowest BCUT2D eigenvalue weighted by Crippen LogP contribution is -2.20. The molecule has 2 nitrogen and oxygen atoms in total. The molecule has 0 saturated carbocycles. The van der Waals surface area contributed by atoms with Crippen molar-refractivity contribution >= 4 is 5.91 Å². The summed E-state index contributed by atoms with van der Waals surface area (Å²) in [6.45, 7) is 0. The SMILES string of the molecule is C#CCCC(=O)N(C)C. The van der Waals surface area contributed by atoms with Gasteiger partial charge in [-0.1, -0.05) is 0 Å². The van der Waals surface area contributed by atoms with Crippen molar-refractivity contribution < 1.29 is 4.79 Å². The van der Waals surface area contributed by atoms with Gasteiger partial charge in [-0.05, 0) is 0 Å². The Bertz CT molecular complexity index is 132. The molecule has 0 aliphatic rings. The second-order valence-electron chi connectivity index (χ2n) is 1.99. The standard InChI is InChI=1S/C7H11NO/c1-4-5-6-7(9)8(2)3/h1H,5-6H2,2-3H3. The van der Waals surface area contributed by atoms with E-state index in [0.717, 1.165) is 0 Å². The van der Waals surface area contributed by atoms with Gasteiger partial charge in [-0.3, -0.25) is 4.79 Å².